The lowest BCUT2D eigenvalue weighted by Crippen LogP contribution is -2.19. The van der Waals surface area contributed by atoms with Gasteiger partial charge in [0.05, 0.1) is 12.2 Å². The Hall–Kier alpha value is -1.60. The first-order valence-electron chi connectivity index (χ1n) is 6.93. The van der Waals surface area contributed by atoms with Crippen LogP contribution >= 0.6 is 0 Å². The predicted molar refractivity (Wildman–Crippen MR) is 78.3 cm³/mol. The highest BCUT2D eigenvalue weighted by Crippen LogP contribution is 2.42. The second kappa shape index (κ2) is 4.82. The van der Waals surface area contributed by atoms with Crippen LogP contribution in [0.15, 0.2) is 54.6 Å². The van der Waals surface area contributed by atoms with Crippen molar-refractivity contribution >= 4 is 0 Å². The van der Waals surface area contributed by atoms with Gasteiger partial charge in [-0.05, 0) is 31.4 Å². The van der Waals surface area contributed by atoms with Gasteiger partial charge < -0.3 is 4.74 Å². The molecule has 19 heavy (non-hydrogen) atoms. The molecule has 98 valence electrons. The number of benzene rings is 2. The Bertz CT molecular complexity index is 544. The fourth-order valence-electron chi connectivity index (χ4n) is 2.92. The zero-order valence-electron chi connectivity index (χ0n) is 11.6. The molecule has 2 aromatic rings. The molecule has 1 aliphatic rings. The lowest BCUT2D eigenvalue weighted by atomic mass is 9.86. The average molecular weight is 252 g/mol. The molecule has 0 aromatic heterocycles. The van der Waals surface area contributed by atoms with E-state index in [1.807, 2.05) is 0 Å². The molecular weight excluding hydrogens is 232 g/mol. The van der Waals surface area contributed by atoms with E-state index in [4.69, 9.17) is 4.74 Å². The minimum Gasteiger partial charge on any atom is -0.370 e. The van der Waals surface area contributed by atoms with E-state index in [1.54, 1.807) is 0 Å². The zero-order valence-corrected chi connectivity index (χ0v) is 11.6. The first-order chi connectivity index (χ1) is 9.17. The van der Waals surface area contributed by atoms with E-state index in [-0.39, 0.29) is 5.60 Å². The fourth-order valence-corrected chi connectivity index (χ4v) is 2.92. The predicted octanol–water partition coefficient (Wildman–Crippen LogP) is 4.41. The first-order valence-corrected chi connectivity index (χ1v) is 6.93. The molecule has 0 amide bonds. The van der Waals surface area contributed by atoms with Crippen LogP contribution in [0.5, 0.6) is 0 Å². The van der Waals surface area contributed by atoms with Crippen molar-refractivity contribution in [3.8, 4) is 0 Å². The first kappa shape index (κ1) is 12.4. The molecule has 1 heterocycles. The van der Waals surface area contributed by atoms with Gasteiger partial charge in [0.25, 0.3) is 0 Å². The van der Waals surface area contributed by atoms with Gasteiger partial charge in [0.2, 0.25) is 0 Å². The van der Waals surface area contributed by atoms with Gasteiger partial charge >= 0.3 is 0 Å². The highest BCUT2D eigenvalue weighted by Gasteiger charge is 2.38. The Kier molecular flexibility index (Phi) is 3.16. The SMILES string of the molecule is Cc1ccc([C@@]2(C)C[C@@H](c3ccccc3)CO2)cc1. The van der Waals surface area contributed by atoms with E-state index < -0.39 is 0 Å². The van der Waals surface area contributed by atoms with Crippen LogP contribution in [0.25, 0.3) is 0 Å². The quantitative estimate of drug-likeness (QED) is 0.769. The van der Waals surface area contributed by atoms with Crippen molar-refractivity contribution in [1.82, 2.24) is 0 Å². The van der Waals surface area contributed by atoms with Gasteiger partial charge in [-0.3, -0.25) is 0 Å². The molecule has 2 aromatic carbocycles. The molecule has 0 saturated carbocycles. The van der Waals surface area contributed by atoms with Crippen molar-refractivity contribution in [3.63, 3.8) is 0 Å². The van der Waals surface area contributed by atoms with Crippen LogP contribution in [0, 0.1) is 6.92 Å². The summed E-state index contributed by atoms with van der Waals surface area (Å²) in [5, 5.41) is 0. The Morgan fingerprint density at radius 2 is 1.68 bits per heavy atom. The summed E-state index contributed by atoms with van der Waals surface area (Å²) in [5.41, 5.74) is 3.83. The van der Waals surface area contributed by atoms with Gasteiger partial charge in [0, 0.05) is 5.92 Å². The third kappa shape index (κ3) is 2.43. The van der Waals surface area contributed by atoms with Crippen molar-refractivity contribution in [2.75, 3.05) is 6.61 Å². The van der Waals surface area contributed by atoms with Crippen LogP contribution in [0.3, 0.4) is 0 Å². The normalized spacial score (nSPS) is 26.5. The lowest BCUT2D eigenvalue weighted by molar-refractivity contribution is 0.0164. The summed E-state index contributed by atoms with van der Waals surface area (Å²) in [6.07, 6.45) is 1.06. The maximum absolute atomic E-state index is 6.13. The standard InChI is InChI=1S/C18H20O/c1-14-8-10-17(11-9-14)18(2)12-16(13-19-18)15-6-4-3-5-7-15/h3-11,16H,12-13H2,1-2H3/t16-,18-/m1/s1. The highest BCUT2D eigenvalue weighted by molar-refractivity contribution is 5.29. The van der Waals surface area contributed by atoms with Crippen molar-refractivity contribution in [1.29, 1.82) is 0 Å². The van der Waals surface area contributed by atoms with Gasteiger partial charge in [-0.1, -0.05) is 60.2 Å². The largest absolute Gasteiger partial charge is 0.370 e. The van der Waals surface area contributed by atoms with Gasteiger partial charge in [-0.25, -0.2) is 0 Å². The maximum Gasteiger partial charge on any atom is 0.0910 e. The van der Waals surface area contributed by atoms with Gasteiger partial charge in [-0.15, -0.1) is 0 Å². The van der Waals surface area contributed by atoms with Gasteiger partial charge in [-0.2, -0.15) is 0 Å². The second-order valence-electron chi connectivity index (χ2n) is 5.72. The van der Waals surface area contributed by atoms with E-state index in [0.29, 0.717) is 5.92 Å². The van der Waals surface area contributed by atoms with E-state index >= 15 is 0 Å². The number of hydrogen-bond donors (Lipinski definition) is 0. The third-order valence-corrected chi connectivity index (χ3v) is 4.17. The molecule has 1 saturated heterocycles. The van der Waals surface area contributed by atoms with Crippen molar-refractivity contribution in [3.05, 3.63) is 71.3 Å². The summed E-state index contributed by atoms with van der Waals surface area (Å²) < 4.78 is 6.13. The van der Waals surface area contributed by atoms with Crippen LogP contribution in [0.4, 0.5) is 0 Å². The highest BCUT2D eigenvalue weighted by atomic mass is 16.5. The molecule has 2 atom stereocenters. The molecule has 1 heteroatoms. The zero-order chi connectivity index (χ0) is 13.3. The molecule has 1 fully saturated rings. The Morgan fingerprint density at radius 1 is 1.00 bits per heavy atom. The van der Waals surface area contributed by atoms with Crippen LogP contribution in [0.2, 0.25) is 0 Å². The third-order valence-electron chi connectivity index (χ3n) is 4.17. The molecule has 1 nitrogen and oxygen atoms in total. The van der Waals surface area contributed by atoms with Crippen molar-refractivity contribution in [2.45, 2.75) is 31.8 Å². The minimum atomic E-state index is -0.145. The van der Waals surface area contributed by atoms with E-state index in [0.717, 1.165) is 13.0 Å². The molecular formula is C18H20O. The lowest BCUT2D eigenvalue weighted by Gasteiger charge is -2.24. The summed E-state index contributed by atoms with van der Waals surface area (Å²) in [6.45, 7) is 5.14. The monoisotopic (exact) mass is 252 g/mol. The number of rotatable bonds is 2. The molecule has 0 aliphatic carbocycles. The van der Waals surface area contributed by atoms with Crippen LogP contribution in [-0.2, 0) is 10.3 Å². The molecule has 1 aliphatic heterocycles. The summed E-state index contributed by atoms with van der Waals surface area (Å²) in [4.78, 5) is 0. The molecule has 0 N–H and O–H groups in total. The Balaban J connectivity index is 1.83. The Morgan fingerprint density at radius 3 is 2.37 bits per heavy atom. The number of ether oxygens (including phenoxy) is 1. The van der Waals surface area contributed by atoms with Crippen LogP contribution < -0.4 is 0 Å². The number of aryl methyl sites for hydroxylation is 1. The smallest absolute Gasteiger partial charge is 0.0910 e. The van der Waals surface area contributed by atoms with Gasteiger partial charge in [0.15, 0.2) is 0 Å². The summed E-state index contributed by atoms with van der Waals surface area (Å²) in [6, 6.07) is 19.4. The second-order valence-corrected chi connectivity index (χ2v) is 5.72. The van der Waals surface area contributed by atoms with E-state index in [9.17, 15) is 0 Å². The average Bonchev–Trinajstić information content (AvgIpc) is 2.84. The maximum atomic E-state index is 6.13. The molecule has 0 spiro atoms. The van der Waals surface area contributed by atoms with Crippen LogP contribution in [0.1, 0.15) is 36.0 Å². The summed E-state index contributed by atoms with van der Waals surface area (Å²) in [5.74, 6) is 0.507. The van der Waals surface area contributed by atoms with Crippen LogP contribution in [-0.4, -0.2) is 6.61 Å². The molecule has 0 radical (unpaired) electrons. The van der Waals surface area contributed by atoms with Crippen molar-refractivity contribution < 1.29 is 4.74 Å². The molecule has 0 unspecified atom stereocenters. The minimum absolute atomic E-state index is 0.145. The molecule has 3 rings (SSSR count). The van der Waals surface area contributed by atoms with E-state index in [2.05, 4.69) is 68.4 Å². The van der Waals surface area contributed by atoms with E-state index in [1.165, 1.54) is 16.7 Å². The summed E-state index contributed by atoms with van der Waals surface area (Å²) in [7, 11) is 0. The molecule has 0 bridgehead atoms. The van der Waals surface area contributed by atoms with Gasteiger partial charge in [0.1, 0.15) is 0 Å². The fraction of sp³-hybridized carbons (Fsp3) is 0.333. The van der Waals surface area contributed by atoms with Crippen molar-refractivity contribution in [2.24, 2.45) is 0 Å². The topological polar surface area (TPSA) is 9.23 Å². The summed E-state index contributed by atoms with van der Waals surface area (Å²) >= 11 is 0. The number of hydrogen-bond acceptors (Lipinski definition) is 1. The Labute approximate surface area is 115 Å².